The monoisotopic (exact) mass is 363 g/mol. The fourth-order valence-corrected chi connectivity index (χ4v) is 4.38. The zero-order valence-electron chi connectivity index (χ0n) is 11.0. The van der Waals surface area contributed by atoms with Gasteiger partial charge in [0.25, 0.3) is 0 Å². The van der Waals surface area contributed by atoms with Gasteiger partial charge in [-0.2, -0.15) is 0 Å². The third-order valence-corrected chi connectivity index (χ3v) is 6.11. The van der Waals surface area contributed by atoms with Crippen LogP contribution in [0.25, 0.3) is 10.4 Å². The van der Waals surface area contributed by atoms with E-state index in [1.807, 2.05) is 11.3 Å². The van der Waals surface area contributed by atoms with Crippen molar-refractivity contribution in [1.29, 1.82) is 0 Å². The van der Waals surface area contributed by atoms with Crippen molar-refractivity contribution in [3.63, 3.8) is 0 Å². The SMILES string of the molecule is Cc1sc(CNc2ccccc2-c2cccs2)cc1Br. The van der Waals surface area contributed by atoms with Crippen LogP contribution in [0, 0.1) is 6.92 Å². The average Bonchev–Trinajstić information content (AvgIpc) is 3.08. The van der Waals surface area contributed by atoms with Crippen molar-refractivity contribution in [3.05, 3.63) is 62.1 Å². The lowest BCUT2D eigenvalue weighted by Crippen LogP contribution is -1.98. The van der Waals surface area contributed by atoms with E-state index in [1.54, 1.807) is 11.3 Å². The molecule has 0 atom stereocenters. The van der Waals surface area contributed by atoms with Crippen LogP contribution in [-0.2, 0) is 6.54 Å². The number of para-hydroxylation sites is 1. The van der Waals surface area contributed by atoms with Gasteiger partial charge in [0.05, 0.1) is 0 Å². The highest BCUT2D eigenvalue weighted by atomic mass is 79.9. The van der Waals surface area contributed by atoms with Crippen LogP contribution in [0.1, 0.15) is 9.75 Å². The standard InChI is InChI=1S/C16H14BrNS2/c1-11-14(17)9-12(20-11)10-18-15-6-3-2-5-13(15)16-7-4-8-19-16/h2-9,18H,10H2,1H3. The third-order valence-electron chi connectivity index (χ3n) is 3.07. The minimum absolute atomic E-state index is 0.861. The van der Waals surface area contributed by atoms with E-state index in [0.29, 0.717) is 0 Å². The van der Waals surface area contributed by atoms with E-state index in [-0.39, 0.29) is 0 Å². The molecule has 0 unspecified atom stereocenters. The minimum atomic E-state index is 0.861. The van der Waals surface area contributed by atoms with Crippen molar-refractivity contribution in [2.45, 2.75) is 13.5 Å². The molecule has 2 heterocycles. The van der Waals surface area contributed by atoms with Gasteiger partial charge >= 0.3 is 0 Å². The highest BCUT2D eigenvalue weighted by molar-refractivity contribution is 9.10. The first-order valence-corrected chi connectivity index (χ1v) is 8.84. The first-order chi connectivity index (χ1) is 9.74. The molecular weight excluding hydrogens is 350 g/mol. The minimum Gasteiger partial charge on any atom is -0.380 e. The van der Waals surface area contributed by atoms with Gasteiger partial charge in [-0.15, -0.1) is 22.7 Å². The Balaban J connectivity index is 1.81. The second-order valence-electron chi connectivity index (χ2n) is 4.49. The molecule has 0 aliphatic rings. The van der Waals surface area contributed by atoms with Crippen LogP contribution in [0.2, 0.25) is 0 Å². The van der Waals surface area contributed by atoms with Gasteiger partial charge in [-0.1, -0.05) is 24.3 Å². The first-order valence-electron chi connectivity index (χ1n) is 6.35. The molecule has 102 valence electrons. The molecule has 3 rings (SSSR count). The van der Waals surface area contributed by atoms with Crippen LogP contribution in [0.5, 0.6) is 0 Å². The van der Waals surface area contributed by atoms with Crippen LogP contribution in [-0.4, -0.2) is 0 Å². The Hall–Kier alpha value is -1.10. The number of halogens is 1. The van der Waals surface area contributed by atoms with Gasteiger partial charge in [0.2, 0.25) is 0 Å². The van der Waals surface area contributed by atoms with Gasteiger partial charge in [-0.05, 0) is 46.4 Å². The zero-order chi connectivity index (χ0) is 13.9. The molecular formula is C16H14BrNS2. The summed E-state index contributed by atoms with van der Waals surface area (Å²) >= 11 is 7.18. The normalized spacial score (nSPS) is 10.7. The second kappa shape index (κ2) is 6.12. The van der Waals surface area contributed by atoms with Crippen LogP contribution in [0.4, 0.5) is 5.69 Å². The summed E-state index contributed by atoms with van der Waals surface area (Å²) in [7, 11) is 0. The van der Waals surface area contributed by atoms with E-state index in [2.05, 4.69) is 76.0 Å². The van der Waals surface area contributed by atoms with E-state index in [4.69, 9.17) is 0 Å². The summed E-state index contributed by atoms with van der Waals surface area (Å²) in [5, 5.41) is 5.67. The van der Waals surface area contributed by atoms with E-state index >= 15 is 0 Å². The Morgan fingerprint density at radius 1 is 1.15 bits per heavy atom. The summed E-state index contributed by atoms with van der Waals surface area (Å²) in [6.07, 6.45) is 0. The number of thiophene rings is 2. The maximum atomic E-state index is 3.57. The number of benzene rings is 1. The molecule has 0 fully saturated rings. The lowest BCUT2D eigenvalue weighted by Gasteiger charge is -2.10. The summed E-state index contributed by atoms with van der Waals surface area (Å²) in [6, 6.07) is 14.9. The van der Waals surface area contributed by atoms with Crippen LogP contribution in [0.3, 0.4) is 0 Å². The Morgan fingerprint density at radius 3 is 2.70 bits per heavy atom. The molecule has 3 aromatic rings. The smallest absolute Gasteiger partial charge is 0.0494 e. The summed E-state index contributed by atoms with van der Waals surface area (Å²) in [5.74, 6) is 0. The predicted molar refractivity (Wildman–Crippen MR) is 93.8 cm³/mol. The van der Waals surface area contributed by atoms with Gasteiger partial charge in [-0.3, -0.25) is 0 Å². The fraction of sp³-hybridized carbons (Fsp3) is 0.125. The molecule has 1 nitrogen and oxygen atoms in total. The topological polar surface area (TPSA) is 12.0 Å². The largest absolute Gasteiger partial charge is 0.380 e. The molecule has 20 heavy (non-hydrogen) atoms. The molecule has 0 saturated heterocycles. The Labute approximate surface area is 135 Å². The summed E-state index contributed by atoms with van der Waals surface area (Å²) in [6.45, 7) is 3.00. The lowest BCUT2D eigenvalue weighted by atomic mass is 10.1. The molecule has 0 radical (unpaired) electrons. The number of rotatable bonds is 4. The van der Waals surface area contributed by atoms with Gasteiger partial charge in [0, 0.05) is 36.9 Å². The maximum Gasteiger partial charge on any atom is 0.0494 e. The van der Waals surface area contributed by atoms with Crippen molar-refractivity contribution in [3.8, 4) is 10.4 Å². The Morgan fingerprint density at radius 2 is 2.00 bits per heavy atom. The maximum absolute atomic E-state index is 3.57. The molecule has 1 aromatic carbocycles. The number of hydrogen-bond acceptors (Lipinski definition) is 3. The molecule has 2 aromatic heterocycles. The lowest BCUT2D eigenvalue weighted by molar-refractivity contribution is 1.19. The van der Waals surface area contributed by atoms with E-state index in [1.165, 1.54) is 30.4 Å². The Bertz CT molecular complexity index is 682. The van der Waals surface area contributed by atoms with Crippen molar-refractivity contribution < 1.29 is 0 Å². The van der Waals surface area contributed by atoms with Crippen LogP contribution < -0.4 is 5.32 Å². The highest BCUT2D eigenvalue weighted by Crippen LogP contribution is 2.32. The van der Waals surface area contributed by atoms with Gasteiger partial charge in [0.1, 0.15) is 0 Å². The molecule has 0 aliphatic heterocycles. The summed E-state index contributed by atoms with van der Waals surface area (Å²) < 4.78 is 1.20. The quantitative estimate of drug-likeness (QED) is 0.585. The van der Waals surface area contributed by atoms with E-state index in [9.17, 15) is 0 Å². The fourth-order valence-electron chi connectivity index (χ4n) is 2.07. The molecule has 0 aliphatic carbocycles. The molecule has 0 bridgehead atoms. The van der Waals surface area contributed by atoms with Crippen molar-refractivity contribution in [2.24, 2.45) is 0 Å². The Kier molecular flexibility index (Phi) is 4.24. The molecule has 0 amide bonds. The second-order valence-corrected chi connectivity index (χ2v) is 7.64. The van der Waals surface area contributed by atoms with Crippen LogP contribution in [0.15, 0.2) is 52.3 Å². The highest BCUT2D eigenvalue weighted by Gasteiger charge is 2.07. The third kappa shape index (κ3) is 2.97. The number of hydrogen-bond donors (Lipinski definition) is 1. The molecule has 0 spiro atoms. The van der Waals surface area contributed by atoms with E-state index < -0.39 is 0 Å². The first kappa shape index (κ1) is 13.9. The van der Waals surface area contributed by atoms with Gasteiger partial charge < -0.3 is 5.32 Å². The summed E-state index contributed by atoms with van der Waals surface area (Å²) in [5.41, 5.74) is 2.46. The number of nitrogens with one attached hydrogen (secondary N) is 1. The van der Waals surface area contributed by atoms with Crippen molar-refractivity contribution in [2.75, 3.05) is 5.32 Å². The summed E-state index contributed by atoms with van der Waals surface area (Å²) in [4.78, 5) is 3.97. The van der Waals surface area contributed by atoms with Gasteiger partial charge in [0.15, 0.2) is 0 Å². The average molecular weight is 364 g/mol. The van der Waals surface area contributed by atoms with E-state index in [0.717, 1.165) is 6.54 Å². The van der Waals surface area contributed by atoms with Crippen molar-refractivity contribution >= 4 is 44.3 Å². The van der Waals surface area contributed by atoms with Gasteiger partial charge in [-0.25, -0.2) is 0 Å². The van der Waals surface area contributed by atoms with Crippen LogP contribution >= 0.6 is 38.6 Å². The number of anilines is 1. The zero-order valence-corrected chi connectivity index (χ0v) is 14.2. The molecule has 0 saturated carbocycles. The predicted octanol–water partition coefficient (Wildman–Crippen LogP) is 6.16. The van der Waals surface area contributed by atoms with Crippen molar-refractivity contribution in [1.82, 2.24) is 0 Å². The number of aryl methyl sites for hydroxylation is 1. The molecule has 1 N–H and O–H groups in total. The molecule has 4 heteroatoms.